The van der Waals surface area contributed by atoms with Crippen LogP contribution in [0.3, 0.4) is 0 Å². The highest BCUT2D eigenvalue weighted by Gasteiger charge is 2.88. The van der Waals surface area contributed by atoms with Gasteiger partial charge in [0, 0.05) is 30.1 Å². The van der Waals surface area contributed by atoms with Crippen molar-refractivity contribution in [3.05, 3.63) is 36.3 Å². The summed E-state index contributed by atoms with van der Waals surface area (Å²) in [6.07, 6.45) is -6.40. The number of carboxylic acids is 1. The Hall–Kier alpha value is -4.28. The van der Waals surface area contributed by atoms with Crippen LogP contribution in [0.5, 0.6) is 0 Å². The van der Waals surface area contributed by atoms with Crippen LogP contribution in [0.25, 0.3) is 0 Å². The zero-order valence-corrected chi connectivity index (χ0v) is 32.3. The molecule has 4 aliphatic rings. The quantitative estimate of drug-likeness (QED) is 0.0720. The van der Waals surface area contributed by atoms with Gasteiger partial charge in [0.15, 0.2) is 6.10 Å². The van der Waals surface area contributed by atoms with Crippen molar-refractivity contribution in [2.45, 2.75) is 128 Å². The zero-order valence-electron chi connectivity index (χ0n) is 32.3. The van der Waals surface area contributed by atoms with Crippen LogP contribution in [0.1, 0.15) is 86.1 Å². The lowest BCUT2D eigenvalue weighted by Gasteiger charge is -2.59. The molecule has 0 radical (unpaired) electrons. The van der Waals surface area contributed by atoms with Crippen LogP contribution in [0, 0.1) is 34.5 Å². The molecule has 2 saturated carbocycles. The highest BCUT2D eigenvalue weighted by Crippen LogP contribution is 2.77. The summed E-state index contributed by atoms with van der Waals surface area (Å²) in [6, 6.07) is 1.65. The molecule has 1 aromatic rings. The minimum atomic E-state index is -1.83. The highest BCUT2D eigenvalue weighted by atomic mass is 16.7. The van der Waals surface area contributed by atoms with Gasteiger partial charge in [0.05, 0.1) is 43.3 Å². The number of carboxylic acid groups (broad SMARTS) is 1. The van der Waals surface area contributed by atoms with Crippen LogP contribution in [0.2, 0.25) is 0 Å². The summed E-state index contributed by atoms with van der Waals surface area (Å²) in [7, 11) is 0. The standard InChI is InChI=1S/C39H52O16/c1-10-19(4)34(47)52-31-28(22-11-12-49-15-22)38(9)32(53-35(48)29(46)18(2)3)30(50-17-41)27(20(5)39(38)33(31)55-39)37(8,24(14-25(43)44)51-21(6)42)23-13-26(45)54-36(23,7)16-40/h11-12,15,17-19,23-24,27-33,40,46H,5,10,13-14,16H2,1-4,6-9H3,(H,43,44)/t19-,23+,24+,27-,28-,29-,30-,31-,32+,33-,36-,37-,38-,39-/m1/s1. The fourth-order valence-corrected chi connectivity index (χ4v) is 9.88. The summed E-state index contributed by atoms with van der Waals surface area (Å²) in [4.78, 5) is 78.5. The molecule has 3 N–H and O–H groups in total. The van der Waals surface area contributed by atoms with Crippen molar-refractivity contribution in [3.63, 3.8) is 0 Å². The van der Waals surface area contributed by atoms with Gasteiger partial charge in [-0.2, -0.15) is 0 Å². The summed E-state index contributed by atoms with van der Waals surface area (Å²) < 4.78 is 42.0. The van der Waals surface area contributed by atoms with E-state index in [1.807, 2.05) is 6.92 Å². The van der Waals surface area contributed by atoms with Crippen LogP contribution in [-0.2, 0) is 57.2 Å². The largest absolute Gasteiger partial charge is 0.481 e. The van der Waals surface area contributed by atoms with Gasteiger partial charge in [-0.15, -0.1) is 0 Å². The third kappa shape index (κ3) is 6.53. The van der Waals surface area contributed by atoms with Crippen LogP contribution in [-0.4, -0.2) is 106 Å². The molecule has 14 atom stereocenters. The smallest absolute Gasteiger partial charge is 0.335 e. The van der Waals surface area contributed by atoms with Crippen LogP contribution in [0.15, 0.2) is 35.2 Å². The van der Waals surface area contributed by atoms with Crippen molar-refractivity contribution in [2.24, 2.45) is 34.5 Å². The molecule has 2 aliphatic carbocycles. The van der Waals surface area contributed by atoms with Gasteiger partial charge >= 0.3 is 29.8 Å². The number of ether oxygens (including phenoxy) is 6. The summed E-state index contributed by atoms with van der Waals surface area (Å²) in [5, 5.41) is 31.9. The molecule has 3 heterocycles. The first kappa shape index (κ1) is 41.9. The van der Waals surface area contributed by atoms with Gasteiger partial charge in [-0.05, 0) is 36.5 Å². The van der Waals surface area contributed by atoms with Gasteiger partial charge < -0.3 is 48.2 Å². The normalized spacial score (nSPS) is 36.3. The predicted octanol–water partition coefficient (Wildman–Crippen LogP) is 2.86. The van der Waals surface area contributed by atoms with E-state index in [0.29, 0.717) is 12.0 Å². The number of esters is 4. The maximum atomic E-state index is 13.9. The van der Waals surface area contributed by atoms with Gasteiger partial charge in [0.25, 0.3) is 6.47 Å². The van der Waals surface area contributed by atoms with E-state index in [-0.39, 0.29) is 12.0 Å². The summed E-state index contributed by atoms with van der Waals surface area (Å²) in [6.45, 7) is 16.3. The first-order valence-electron chi connectivity index (χ1n) is 18.5. The van der Waals surface area contributed by atoms with Gasteiger partial charge in [-0.3, -0.25) is 24.0 Å². The summed E-state index contributed by atoms with van der Waals surface area (Å²) in [5.74, 6) is -9.21. The molecule has 0 aromatic carbocycles. The van der Waals surface area contributed by atoms with Crippen molar-refractivity contribution in [2.75, 3.05) is 6.61 Å². The number of aliphatic hydroxyl groups excluding tert-OH is 2. The van der Waals surface area contributed by atoms with Gasteiger partial charge in [-0.1, -0.05) is 48.1 Å². The van der Waals surface area contributed by atoms with E-state index in [1.54, 1.807) is 33.8 Å². The van der Waals surface area contributed by atoms with E-state index in [1.165, 1.54) is 26.4 Å². The molecule has 0 amide bonds. The third-order valence-corrected chi connectivity index (χ3v) is 12.8. The topological polar surface area (TPSA) is 235 Å². The molecule has 1 spiro atoms. The second-order valence-electron chi connectivity index (χ2n) is 16.3. The summed E-state index contributed by atoms with van der Waals surface area (Å²) >= 11 is 0. The molecule has 55 heavy (non-hydrogen) atoms. The second-order valence-corrected chi connectivity index (χ2v) is 16.3. The van der Waals surface area contributed by atoms with Gasteiger partial charge in [0.1, 0.15) is 41.7 Å². The van der Waals surface area contributed by atoms with Crippen molar-refractivity contribution in [3.8, 4) is 0 Å². The molecule has 16 nitrogen and oxygen atoms in total. The molecule has 2 aliphatic heterocycles. The molecule has 1 aromatic heterocycles. The molecule has 0 bridgehead atoms. The van der Waals surface area contributed by atoms with E-state index in [0.717, 1.165) is 6.92 Å². The number of cyclic esters (lactones) is 1. The molecule has 5 rings (SSSR count). The Balaban J connectivity index is 1.84. The number of epoxide rings is 1. The molecular formula is C39H52O16. The maximum absolute atomic E-state index is 13.9. The fraction of sp³-hybridized carbons (Fsp3) is 0.692. The molecule has 2 saturated heterocycles. The number of hydrogen-bond acceptors (Lipinski definition) is 15. The van der Waals surface area contributed by atoms with Gasteiger partial charge in [0.2, 0.25) is 0 Å². The summed E-state index contributed by atoms with van der Waals surface area (Å²) in [5.41, 5.74) is -5.95. The van der Waals surface area contributed by atoms with Crippen LogP contribution in [0.4, 0.5) is 0 Å². The Labute approximate surface area is 318 Å². The maximum Gasteiger partial charge on any atom is 0.335 e. The molecular weight excluding hydrogens is 724 g/mol. The molecule has 304 valence electrons. The Morgan fingerprint density at radius 1 is 1.13 bits per heavy atom. The van der Waals surface area contributed by atoms with E-state index >= 15 is 0 Å². The number of aliphatic hydroxyl groups is 2. The first-order chi connectivity index (χ1) is 25.7. The lowest BCUT2D eigenvalue weighted by molar-refractivity contribution is -0.227. The molecule has 16 heteroatoms. The Morgan fingerprint density at radius 2 is 1.80 bits per heavy atom. The molecule has 4 fully saturated rings. The number of carbonyl (C=O) groups is 6. The zero-order chi connectivity index (χ0) is 41.0. The number of carbonyl (C=O) groups excluding carboxylic acids is 5. The minimum Gasteiger partial charge on any atom is -0.481 e. The van der Waals surface area contributed by atoms with E-state index in [9.17, 15) is 44.1 Å². The van der Waals surface area contributed by atoms with E-state index < -0.39 is 138 Å². The molecule has 0 unspecified atom stereocenters. The predicted molar refractivity (Wildman–Crippen MR) is 186 cm³/mol. The Kier molecular flexibility index (Phi) is 11.4. The van der Waals surface area contributed by atoms with E-state index in [4.69, 9.17) is 32.8 Å². The number of rotatable bonds is 16. The fourth-order valence-electron chi connectivity index (χ4n) is 9.88. The lowest BCUT2D eigenvalue weighted by Crippen LogP contribution is -2.68. The Bertz CT molecular complexity index is 1670. The lowest BCUT2D eigenvalue weighted by atomic mass is 9.47. The first-order valence-corrected chi connectivity index (χ1v) is 18.5. The van der Waals surface area contributed by atoms with Crippen molar-refractivity contribution < 1.29 is 76.9 Å². The Morgan fingerprint density at radius 3 is 2.33 bits per heavy atom. The number of aliphatic carboxylic acids is 1. The second kappa shape index (κ2) is 15.0. The minimum absolute atomic E-state index is 0.111. The number of hydrogen-bond donors (Lipinski definition) is 3. The van der Waals surface area contributed by atoms with Crippen molar-refractivity contribution >= 4 is 36.3 Å². The van der Waals surface area contributed by atoms with Crippen LogP contribution < -0.4 is 0 Å². The van der Waals surface area contributed by atoms with Gasteiger partial charge in [-0.25, -0.2) is 4.79 Å². The van der Waals surface area contributed by atoms with Crippen molar-refractivity contribution in [1.82, 2.24) is 0 Å². The number of furan rings is 1. The monoisotopic (exact) mass is 776 g/mol. The highest BCUT2D eigenvalue weighted by molar-refractivity contribution is 5.76. The van der Waals surface area contributed by atoms with Crippen molar-refractivity contribution in [1.29, 1.82) is 0 Å². The third-order valence-electron chi connectivity index (χ3n) is 12.8. The SMILES string of the molecule is C=C1[C@@H]([C@@](C)([C@H](CC(=O)O)OC(C)=O)[C@H]2CC(=O)O[C@]2(C)CO)[C@@H](OC=O)[C@H](OC(=O)[C@H](O)C(C)C)[C@@]2(C)[C@H](c3ccoc3)[C@@H](OC(=O)[C@H](C)CC)[C@H]3O[C@]132. The van der Waals surface area contributed by atoms with Crippen LogP contribution >= 0.6 is 0 Å². The van der Waals surface area contributed by atoms with E-state index in [2.05, 4.69) is 6.58 Å². The average Bonchev–Trinajstić information content (AvgIpc) is 3.36. The average molecular weight is 777 g/mol.